The number of carboxylic acids is 1. The average molecular weight is 228 g/mol. The van der Waals surface area contributed by atoms with Crippen LogP contribution in [-0.2, 0) is 4.79 Å². The molecule has 1 heterocycles. The molecular weight excluding hydrogens is 204 g/mol. The van der Waals surface area contributed by atoms with E-state index >= 15 is 0 Å². The lowest BCUT2D eigenvalue weighted by molar-refractivity contribution is -0.153. The van der Waals surface area contributed by atoms with Crippen molar-refractivity contribution in [1.82, 2.24) is 10.2 Å². The van der Waals surface area contributed by atoms with Gasteiger partial charge in [-0.2, -0.15) is 0 Å². The van der Waals surface area contributed by atoms with Crippen LogP contribution in [0.15, 0.2) is 0 Å². The summed E-state index contributed by atoms with van der Waals surface area (Å²) in [6, 6.07) is 0. The van der Waals surface area contributed by atoms with E-state index < -0.39 is 11.5 Å². The van der Waals surface area contributed by atoms with E-state index in [1.54, 1.807) is 0 Å². The molecule has 0 amide bonds. The van der Waals surface area contributed by atoms with E-state index in [0.29, 0.717) is 6.42 Å². The van der Waals surface area contributed by atoms with Gasteiger partial charge in [-0.1, -0.05) is 26.7 Å². The van der Waals surface area contributed by atoms with Crippen molar-refractivity contribution in [3.63, 3.8) is 0 Å². The molecule has 4 nitrogen and oxygen atoms in total. The maximum atomic E-state index is 11.6. The summed E-state index contributed by atoms with van der Waals surface area (Å²) in [5, 5.41) is 12.8. The summed E-state index contributed by atoms with van der Waals surface area (Å²) in [6.07, 6.45) is 3.52. The van der Waals surface area contributed by atoms with E-state index in [4.69, 9.17) is 0 Å². The van der Waals surface area contributed by atoms with Crippen LogP contribution in [0.4, 0.5) is 0 Å². The van der Waals surface area contributed by atoms with Crippen LogP contribution < -0.4 is 5.32 Å². The predicted molar refractivity (Wildman–Crippen MR) is 64.6 cm³/mol. The lowest BCUT2D eigenvalue weighted by atomic mass is 9.87. The molecule has 1 rings (SSSR count). The standard InChI is InChI=1S/C12H24N2O2/c1-3-5-6-12(4-2,11(15)16)14-9-7-13-8-10-14/h13H,3-10H2,1-2H3,(H,15,16). The Labute approximate surface area is 98.0 Å². The molecule has 1 aliphatic heterocycles. The van der Waals surface area contributed by atoms with Crippen LogP contribution in [0.3, 0.4) is 0 Å². The number of hydrogen-bond acceptors (Lipinski definition) is 3. The first-order valence-corrected chi connectivity index (χ1v) is 6.36. The van der Waals surface area contributed by atoms with Gasteiger partial charge in [0.1, 0.15) is 5.54 Å². The Kier molecular flexibility index (Phi) is 5.22. The van der Waals surface area contributed by atoms with Gasteiger partial charge in [0.15, 0.2) is 0 Å². The zero-order chi connectivity index (χ0) is 12.0. The highest BCUT2D eigenvalue weighted by molar-refractivity contribution is 5.78. The highest BCUT2D eigenvalue weighted by Crippen LogP contribution is 2.27. The number of nitrogens with one attached hydrogen (secondary N) is 1. The number of rotatable bonds is 6. The minimum Gasteiger partial charge on any atom is -0.480 e. The first kappa shape index (κ1) is 13.5. The molecular formula is C12H24N2O2. The van der Waals surface area contributed by atoms with Gasteiger partial charge in [-0.15, -0.1) is 0 Å². The molecule has 0 spiro atoms. The van der Waals surface area contributed by atoms with E-state index in [1.165, 1.54) is 0 Å². The first-order chi connectivity index (χ1) is 7.67. The van der Waals surface area contributed by atoms with Crippen molar-refractivity contribution in [2.75, 3.05) is 26.2 Å². The second kappa shape index (κ2) is 6.21. The van der Waals surface area contributed by atoms with Crippen molar-refractivity contribution >= 4 is 5.97 Å². The minimum absolute atomic E-state index is 0.627. The van der Waals surface area contributed by atoms with Crippen molar-refractivity contribution in [3.8, 4) is 0 Å². The van der Waals surface area contributed by atoms with Crippen LogP contribution in [0.2, 0.25) is 0 Å². The van der Waals surface area contributed by atoms with Crippen LogP contribution in [0.5, 0.6) is 0 Å². The fourth-order valence-corrected chi connectivity index (χ4v) is 2.51. The Bertz CT molecular complexity index is 227. The number of carboxylic acid groups (broad SMARTS) is 1. The van der Waals surface area contributed by atoms with Crippen molar-refractivity contribution in [3.05, 3.63) is 0 Å². The van der Waals surface area contributed by atoms with Gasteiger partial charge in [-0.3, -0.25) is 9.69 Å². The third-order valence-corrected chi connectivity index (χ3v) is 3.65. The molecule has 16 heavy (non-hydrogen) atoms. The zero-order valence-electron chi connectivity index (χ0n) is 10.5. The van der Waals surface area contributed by atoms with Gasteiger partial charge in [0, 0.05) is 26.2 Å². The van der Waals surface area contributed by atoms with Crippen molar-refractivity contribution in [2.24, 2.45) is 0 Å². The number of hydrogen-bond donors (Lipinski definition) is 2. The molecule has 0 saturated carbocycles. The number of carbonyl (C=O) groups is 1. The molecule has 0 aromatic carbocycles. The summed E-state index contributed by atoms with van der Waals surface area (Å²) in [5.41, 5.74) is -0.627. The smallest absolute Gasteiger partial charge is 0.324 e. The monoisotopic (exact) mass is 228 g/mol. The Morgan fingerprint density at radius 2 is 2.00 bits per heavy atom. The molecule has 0 aromatic heterocycles. The van der Waals surface area contributed by atoms with Crippen LogP contribution >= 0.6 is 0 Å². The predicted octanol–water partition coefficient (Wildman–Crippen LogP) is 1.32. The quantitative estimate of drug-likeness (QED) is 0.720. The SMILES string of the molecule is CCCCC(CC)(C(=O)O)N1CCNCC1. The average Bonchev–Trinajstić information content (AvgIpc) is 2.31. The third kappa shape index (κ3) is 2.74. The Morgan fingerprint density at radius 1 is 1.38 bits per heavy atom. The van der Waals surface area contributed by atoms with Crippen molar-refractivity contribution in [1.29, 1.82) is 0 Å². The van der Waals surface area contributed by atoms with E-state index in [1.807, 2.05) is 6.92 Å². The molecule has 0 radical (unpaired) electrons. The van der Waals surface area contributed by atoms with Gasteiger partial charge < -0.3 is 10.4 Å². The van der Waals surface area contributed by atoms with Crippen molar-refractivity contribution in [2.45, 2.75) is 45.1 Å². The molecule has 1 unspecified atom stereocenters. The first-order valence-electron chi connectivity index (χ1n) is 6.36. The Morgan fingerprint density at radius 3 is 2.44 bits per heavy atom. The van der Waals surface area contributed by atoms with Crippen LogP contribution in [0.1, 0.15) is 39.5 Å². The summed E-state index contributed by atoms with van der Waals surface area (Å²) in [6.45, 7) is 7.61. The molecule has 4 heteroatoms. The summed E-state index contributed by atoms with van der Waals surface area (Å²) in [5.74, 6) is -0.648. The number of unbranched alkanes of at least 4 members (excludes halogenated alkanes) is 1. The lowest BCUT2D eigenvalue weighted by Crippen LogP contribution is -2.60. The number of piperazine rings is 1. The molecule has 1 saturated heterocycles. The van der Waals surface area contributed by atoms with Gasteiger partial charge in [0.25, 0.3) is 0 Å². The molecule has 1 atom stereocenters. The molecule has 1 fully saturated rings. The largest absolute Gasteiger partial charge is 0.480 e. The van der Waals surface area contributed by atoms with Gasteiger partial charge in [-0.25, -0.2) is 0 Å². The second-order valence-electron chi connectivity index (χ2n) is 4.53. The van der Waals surface area contributed by atoms with Crippen LogP contribution in [0, 0.1) is 0 Å². The molecule has 2 N–H and O–H groups in total. The van der Waals surface area contributed by atoms with E-state index in [-0.39, 0.29) is 0 Å². The lowest BCUT2D eigenvalue weighted by Gasteiger charge is -2.42. The zero-order valence-corrected chi connectivity index (χ0v) is 10.5. The van der Waals surface area contributed by atoms with E-state index in [9.17, 15) is 9.90 Å². The number of nitrogens with zero attached hydrogens (tertiary/aromatic N) is 1. The molecule has 1 aliphatic rings. The van der Waals surface area contributed by atoms with Gasteiger partial charge >= 0.3 is 5.97 Å². The van der Waals surface area contributed by atoms with Crippen LogP contribution in [-0.4, -0.2) is 47.7 Å². The highest BCUT2D eigenvalue weighted by Gasteiger charge is 2.42. The Hall–Kier alpha value is -0.610. The molecule has 0 aromatic rings. The fraction of sp³-hybridized carbons (Fsp3) is 0.917. The highest BCUT2D eigenvalue weighted by atomic mass is 16.4. The van der Waals surface area contributed by atoms with Crippen LogP contribution in [0.25, 0.3) is 0 Å². The van der Waals surface area contributed by atoms with Gasteiger partial charge in [0.05, 0.1) is 0 Å². The topological polar surface area (TPSA) is 52.6 Å². The van der Waals surface area contributed by atoms with Crippen molar-refractivity contribution < 1.29 is 9.90 Å². The Balaban J connectivity index is 2.77. The normalized spacial score (nSPS) is 21.6. The fourth-order valence-electron chi connectivity index (χ4n) is 2.51. The summed E-state index contributed by atoms with van der Waals surface area (Å²) >= 11 is 0. The van der Waals surface area contributed by atoms with Gasteiger partial charge in [-0.05, 0) is 12.8 Å². The maximum absolute atomic E-state index is 11.6. The minimum atomic E-state index is -0.648. The third-order valence-electron chi connectivity index (χ3n) is 3.65. The maximum Gasteiger partial charge on any atom is 0.324 e. The molecule has 0 aliphatic carbocycles. The molecule has 94 valence electrons. The van der Waals surface area contributed by atoms with E-state index in [2.05, 4.69) is 17.1 Å². The van der Waals surface area contributed by atoms with E-state index in [0.717, 1.165) is 45.4 Å². The summed E-state index contributed by atoms with van der Waals surface area (Å²) in [7, 11) is 0. The summed E-state index contributed by atoms with van der Waals surface area (Å²) < 4.78 is 0. The summed E-state index contributed by atoms with van der Waals surface area (Å²) in [4.78, 5) is 13.7. The second-order valence-corrected chi connectivity index (χ2v) is 4.53. The number of aliphatic carboxylic acids is 1. The molecule has 0 bridgehead atoms. The van der Waals surface area contributed by atoms with Gasteiger partial charge in [0.2, 0.25) is 0 Å².